The normalized spacial score (nSPS) is 10.3. The highest BCUT2D eigenvalue weighted by molar-refractivity contribution is 5.59. The quantitative estimate of drug-likeness (QED) is 0.635. The van der Waals surface area contributed by atoms with Crippen molar-refractivity contribution in [3.05, 3.63) is 60.3 Å². The second kappa shape index (κ2) is 8.84. The van der Waals surface area contributed by atoms with E-state index in [1.165, 1.54) is 5.56 Å². The molecule has 7 heteroatoms. The molecule has 2 aromatic carbocycles. The summed E-state index contributed by atoms with van der Waals surface area (Å²) in [5, 5.41) is 14.5. The van der Waals surface area contributed by atoms with Gasteiger partial charge >= 0.3 is 0 Å². The molecule has 27 heavy (non-hydrogen) atoms. The highest BCUT2D eigenvalue weighted by Gasteiger charge is 2.03. The topological polar surface area (TPSA) is 75.2 Å². The van der Waals surface area contributed by atoms with E-state index in [2.05, 4.69) is 42.8 Å². The minimum Gasteiger partial charge on any atom is -0.497 e. The molecule has 0 unspecified atom stereocenters. The summed E-state index contributed by atoms with van der Waals surface area (Å²) in [7, 11) is 5.69. The maximum absolute atomic E-state index is 5.17. The molecule has 0 bridgehead atoms. The molecule has 0 radical (unpaired) electrons. The standard InChI is InChI=1S/C20H24N6O/c1-26(2)17-8-6-16(7-9-17)23-20-24-19(14-22-25-20)21-13-12-15-4-10-18(27-3)11-5-15/h4-11,14H,12-13H2,1-3H3,(H2,21,23,24,25). The third-order valence-corrected chi connectivity index (χ3v) is 4.08. The third kappa shape index (κ3) is 5.31. The highest BCUT2D eigenvalue weighted by atomic mass is 16.5. The third-order valence-electron chi connectivity index (χ3n) is 4.08. The number of ether oxygens (including phenoxy) is 1. The lowest BCUT2D eigenvalue weighted by atomic mass is 10.1. The average Bonchev–Trinajstić information content (AvgIpc) is 2.69. The summed E-state index contributed by atoms with van der Waals surface area (Å²) in [5.74, 6) is 2.01. The van der Waals surface area contributed by atoms with Crippen molar-refractivity contribution in [3.8, 4) is 5.75 Å². The first-order chi connectivity index (χ1) is 13.1. The molecule has 0 saturated heterocycles. The highest BCUT2D eigenvalue weighted by Crippen LogP contribution is 2.18. The van der Waals surface area contributed by atoms with E-state index in [0.29, 0.717) is 11.8 Å². The lowest BCUT2D eigenvalue weighted by Crippen LogP contribution is -2.09. The van der Waals surface area contributed by atoms with Crippen LogP contribution >= 0.6 is 0 Å². The van der Waals surface area contributed by atoms with Crippen LogP contribution in [-0.2, 0) is 6.42 Å². The van der Waals surface area contributed by atoms with E-state index in [4.69, 9.17) is 4.74 Å². The van der Waals surface area contributed by atoms with Gasteiger partial charge in [0.05, 0.1) is 13.3 Å². The van der Waals surface area contributed by atoms with Crippen molar-refractivity contribution in [2.45, 2.75) is 6.42 Å². The molecule has 140 valence electrons. The Morgan fingerprint density at radius 1 is 1.00 bits per heavy atom. The van der Waals surface area contributed by atoms with Crippen LogP contribution in [0.2, 0.25) is 0 Å². The van der Waals surface area contributed by atoms with Crippen LogP contribution in [0.25, 0.3) is 0 Å². The summed E-state index contributed by atoms with van der Waals surface area (Å²) in [6, 6.07) is 16.1. The van der Waals surface area contributed by atoms with Crippen LogP contribution in [0.1, 0.15) is 5.56 Å². The summed E-state index contributed by atoms with van der Waals surface area (Å²) in [5.41, 5.74) is 3.27. The van der Waals surface area contributed by atoms with Gasteiger partial charge in [-0.2, -0.15) is 10.1 Å². The van der Waals surface area contributed by atoms with Gasteiger partial charge < -0.3 is 20.3 Å². The predicted octanol–water partition coefficient (Wildman–Crippen LogP) is 3.34. The first kappa shape index (κ1) is 18.4. The summed E-state index contributed by atoms with van der Waals surface area (Å²) < 4.78 is 5.17. The molecule has 3 rings (SSSR count). The van der Waals surface area contributed by atoms with Crippen LogP contribution in [0, 0.1) is 0 Å². The van der Waals surface area contributed by atoms with E-state index < -0.39 is 0 Å². The molecule has 0 amide bonds. The number of aromatic nitrogens is 3. The van der Waals surface area contributed by atoms with Crippen LogP contribution in [0.3, 0.4) is 0 Å². The van der Waals surface area contributed by atoms with E-state index >= 15 is 0 Å². The van der Waals surface area contributed by atoms with E-state index in [9.17, 15) is 0 Å². The van der Waals surface area contributed by atoms with E-state index in [-0.39, 0.29) is 0 Å². The monoisotopic (exact) mass is 364 g/mol. The van der Waals surface area contributed by atoms with Gasteiger partial charge in [-0.1, -0.05) is 12.1 Å². The zero-order chi connectivity index (χ0) is 19.1. The molecule has 0 aliphatic rings. The lowest BCUT2D eigenvalue weighted by molar-refractivity contribution is 0.414. The summed E-state index contributed by atoms with van der Waals surface area (Å²) in [6.45, 7) is 0.752. The largest absolute Gasteiger partial charge is 0.497 e. The van der Waals surface area contributed by atoms with Crippen molar-refractivity contribution >= 4 is 23.1 Å². The van der Waals surface area contributed by atoms with Gasteiger partial charge in [-0.3, -0.25) is 0 Å². The minimum absolute atomic E-state index is 0.460. The lowest BCUT2D eigenvalue weighted by Gasteiger charge is -2.13. The van der Waals surface area contributed by atoms with Gasteiger partial charge in [0.2, 0.25) is 5.95 Å². The van der Waals surface area contributed by atoms with Gasteiger partial charge in [0, 0.05) is 32.0 Å². The fourth-order valence-corrected chi connectivity index (χ4v) is 2.54. The molecule has 0 spiro atoms. The second-order valence-corrected chi connectivity index (χ2v) is 6.26. The summed E-state index contributed by atoms with van der Waals surface area (Å²) in [4.78, 5) is 6.51. The van der Waals surface area contributed by atoms with Crippen LogP contribution in [0.5, 0.6) is 5.75 Å². The Labute approximate surface area is 159 Å². The summed E-state index contributed by atoms with van der Waals surface area (Å²) in [6.07, 6.45) is 2.50. The Bertz CT molecular complexity index is 849. The Hall–Kier alpha value is -3.35. The van der Waals surface area contributed by atoms with Crippen molar-refractivity contribution in [2.75, 3.05) is 43.3 Å². The molecule has 0 aliphatic heterocycles. The van der Waals surface area contributed by atoms with Crippen LogP contribution in [0.15, 0.2) is 54.7 Å². The first-order valence-electron chi connectivity index (χ1n) is 8.75. The van der Waals surface area contributed by atoms with Crippen LogP contribution in [0.4, 0.5) is 23.1 Å². The number of hydrogen-bond donors (Lipinski definition) is 2. The Morgan fingerprint density at radius 2 is 1.74 bits per heavy atom. The van der Waals surface area contributed by atoms with Gasteiger partial charge in [0.15, 0.2) is 5.82 Å². The minimum atomic E-state index is 0.460. The Morgan fingerprint density at radius 3 is 2.41 bits per heavy atom. The van der Waals surface area contributed by atoms with Crippen molar-refractivity contribution in [2.24, 2.45) is 0 Å². The molecular formula is C20H24N6O. The van der Waals surface area contributed by atoms with Crippen LogP contribution < -0.4 is 20.3 Å². The number of benzene rings is 2. The van der Waals surface area contributed by atoms with Gasteiger partial charge in [0.25, 0.3) is 0 Å². The van der Waals surface area contributed by atoms with E-state index in [1.54, 1.807) is 13.3 Å². The molecule has 0 atom stereocenters. The van der Waals surface area contributed by atoms with Crippen molar-refractivity contribution < 1.29 is 4.74 Å². The van der Waals surface area contributed by atoms with Crippen molar-refractivity contribution in [3.63, 3.8) is 0 Å². The predicted molar refractivity (Wildman–Crippen MR) is 109 cm³/mol. The molecule has 2 N–H and O–H groups in total. The van der Waals surface area contributed by atoms with Gasteiger partial charge in [-0.05, 0) is 48.4 Å². The summed E-state index contributed by atoms with van der Waals surface area (Å²) >= 11 is 0. The zero-order valence-corrected chi connectivity index (χ0v) is 15.8. The molecule has 0 aliphatic carbocycles. The van der Waals surface area contributed by atoms with Crippen molar-refractivity contribution in [1.29, 1.82) is 0 Å². The second-order valence-electron chi connectivity index (χ2n) is 6.26. The van der Waals surface area contributed by atoms with E-state index in [1.807, 2.05) is 50.5 Å². The maximum Gasteiger partial charge on any atom is 0.249 e. The van der Waals surface area contributed by atoms with Gasteiger partial charge in [-0.15, -0.1) is 5.10 Å². The molecule has 0 fully saturated rings. The van der Waals surface area contributed by atoms with Crippen LogP contribution in [-0.4, -0.2) is 42.9 Å². The fraction of sp³-hybridized carbons (Fsp3) is 0.250. The zero-order valence-electron chi connectivity index (χ0n) is 15.8. The first-order valence-corrected chi connectivity index (χ1v) is 8.75. The molecule has 1 aromatic heterocycles. The van der Waals surface area contributed by atoms with Gasteiger partial charge in [-0.25, -0.2) is 0 Å². The molecule has 0 saturated carbocycles. The number of nitrogens with one attached hydrogen (secondary N) is 2. The number of rotatable bonds is 8. The Balaban J connectivity index is 1.55. The molecular weight excluding hydrogens is 340 g/mol. The fourth-order valence-electron chi connectivity index (χ4n) is 2.54. The Kier molecular flexibility index (Phi) is 6.04. The number of nitrogens with zero attached hydrogens (tertiary/aromatic N) is 4. The number of methoxy groups -OCH3 is 1. The smallest absolute Gasteiger partial charge is 0.249 e. The molecule has 7 nitrogen and oxygen atoms in total. The molecule has 1 heterocycles. The SMILES string of the molecule is COc1ccc(CCNc2cnnc(Nc3ccc(N(C)C)cc3)n2)cc1. The van der Waals surface area contributed by atoms with Gasteiger partial charge in [0.1, 0.15) is 5.75 Å². The number of hydrogen-bond acceptors (Lipinski definition) is 7. The molecule has 3 aromatic rings. The average molecular weight is 364 g/mol. The van der Waals surface area contributed by atoms with E-state index in [0.717, 1.165) is 30.1 Å². The maximum atomic E-state index is 5.17. The van der Waals surface area contributed by atoms with Crippen molar-refractivity contribution in [1.82, 2.24) is 15.2 Å². The number of anilines is 4.